The van der Waals surface area contributed by atoms with Gasteiger partial charge in [-0.1, -0.05) is 115 Å². The summed E-state index contributed by atoms with van der Waals surface area (Å²) in [6, 6.07) is 44.1. The van der Waals surface area contributed by atoms with Crippen LogP contribution in [0.5, 0.6) is 0 Å². The van der Waals surface area contributed by atoms with Crippen molar-refractivity contribution in [1.29, 1.82) is 0 Å². The lowest BCUT2D eigenvalue weighted by atomic mass is 9.80. The highest BCUT2D eigenvalue weighted by atomic mass is 32.1. The molecule has 49 heavy (non-hydrogen) atoms. The van der Waals surface area contributed by atoms with E-state index in [4.69, 9.17) is 4.98 Å². The molecule has 0 saturated heterocycles. The van der Waals surface area contributed by atoms with Crippen molar-refractivity contribution in [2.45, 2.75) is 37.9 Å². The summed E-state index contributed by atoms with van der Waals surface area (Å²) in [7, 11) is 0. The summed E-state index contributed by atoms with van der Waals surface area (Å²) in [4.78, 5) is 6.04. The summed E-state index contributed by atoms with van der Waals surface area (Å²) < 4.78 is 1.27. The van der Waals surface area contributed by atoms with Gasteiger partial charge in [-0.05, 0) is 95.6 Å². The zero-order chi connectivity index (χ0) is 33.0. The predicted molar refractivity (Wildman–Crippen MR) is 207 cm³/mol. The number of allylic oxidation sites excluding steroid dienone is 3. The fraction of sp³-hybridized carbons (Fsp3) is 0.133. The van der Waals surface area contributed by atoms with Crippen molar-refractivity contribution in [2.75, 3.05) is 0 Å². The lowest BCUT2D eigenvalue weighted by Gasteiger charge is -2.48. The van der Waals surface area contributed by atoms with E-state index in [-0.39, 0.29) is 0 Å². The maximum atomic E-state index is 4.97. The molecule has 1 aliphatic carbocycles. The molecule has 0 fully saturated rings. The number of fused-ring (bicyclic) bond motifs is 4. The summed E-state index contributed by atoms with van der Waals surface area (Å²) in [6.45, 7) is 4.60. The molecule has 7 aromatic rings. The van der Waals surface area contributed by atoms with Crippen molar-refractivity contribution < 1.29 is 0 Å². The molecule has 0 saturated carbocycles. The maximum Gasteiger partial charge on any atom is 0.124 e. The van der Waals surface area contributed by atoms with Crippen LogP contribution in [-0.2, 0) is 11.2 Å². The van der Waals surface area contributed by atoms with E-state index in [0.29, 0.717) is 0 Å². The lowest BCUT2D eigenvalue weighted by molar-refractivity contribution is 0.220. The Morgan fingerprint density at radius 1 is 0.694 bits per heavy atom. The van der Waals surface area contributed by atoms with Gasteiger partial charge < -0.3 is 5.32 Å². The lowest BCUT2D eigenvalue weighted by Crippen LogP contribution is -2.61. The van der Waals surface area contributed by atoms with E-state index >= 15 is 0 Å². The van der Waals surface area contributed by atoms with Gasteiger partial charge >= 0.3 is 0 Å². The largest absolute Gasteiger partial charge is 0.363 e. The number of pyridine rings is 1. The smallest absolute Gasteiger partial charge is 0.124 e. The predicted octanol–water partition coefficient (Wildman–Crippen LogP) is 11.4. The third-order valence-electron chi connectivity index (χ3n) is 10.2. The molecule has 2 aliphatic rings. The van der Waals surface area contributed by atoms with E-state index in [0.717, 1.165) is 34.5 Å². The first kappa shape index (κ1) is 29.8. The molecule has 3 heterocycles. The van der Waals surface area contributed by atoms with Gasteiger partial charge in [-0.3, -0.25) is 5.32 Å². The second-order valence-corrected chi connectivity index (χ2v) is 14.7. The van der Waals surface area contributed by atoms with Gasteiger partial charge in [-0.2, -0.15) is 0 Å². The molecule has 238 valence electrons. The Morgan fingerprint density at radius 3 is 2.35 bits per heavy atom. The SMILES string of the molecule is CC1(c2cc(-c3cnc4sc5ccccc5c4c3)ccc2-c2ccc3ccccc3c2)NC(C2=CCCC=C2)=C[C@](C)(c2ccccc2)N1. The van der Waals surface area contributed by atoms with E-state index in [1.807, 2.05) is 6.20 Å². The van der Waals surface area contributed by atoms with Gasteiger partial charge in [0.25, 0.3) is 0 Å². The van der Waals surface area contributed by atoms with Crippen molar-refractivity contribution in [3.05, 3.63) is 174 Å². The van der Waals surface area contributed by atoms with E-state index in [1.165, 1.54) is 54.1 Å². The van der Waals surface area contributed by atoms with E-state index in [2.05, 4.69) is 170 Å². The zero-order valence-electron chi connectivity index (χ0n) is 27.7. The highest BCUT2D eigenvalue weighted by Crippen LogP contribution is 2.42. The number of hydrogen-bond donors (Lipinski definition) is 2. The Bertz CT molecular complexity index is 2490. The molecule has 2 aromatic heterocycles. The van der Waals surface area contributed by atoms with Gasteiger partial charge in [-0.25, -0.2) is 4.98 Å². The van der Waals surface area contributed by atoms with Gasteiger partial charge in [0.1, 0.15) is 10.5 Å². The van der Waals surface area contributed by atoms with E-state index < -0.39 is 11.2 Å². The van der Waals surface area contributed by atoms with Crippen LogP contribution in [0.2, 0.25) is 0 Å². The van der Waals surface area contributed by atoms with E-state index in [9.17, 15) is 0 Å². The first-order chi connectivity index (χ1) is 24.0. The Hall–Kier alpha value is -5.29. The van der Waals surface area contributed by atoms with Crippen molar-refractivity contribution in [3.8, 4) is 22.3 Å². The Kier molecular flexibility index (Phi) is 7.12. The van der Waals surface area contributed by atoms with Crippen LogP contribution in [0.3, 0.4) is 0 Å². The average Bonchev–Trinajstić information content (AvgIpc) is 3.53. The summed E-state index contributed by atoms with van der Waals surface area (Å²) >= 11 is 1.75. The monoisotopic (exact) mass is 651 g/mol. The van der Waals surface area contributed by atoms with Gasteiger partial charge in [0.2, 0.25) is 0 Å². The third kappa shape index (κ3) is 5.29. The fourth-order valence-electron chi connectivity index (χ4n) is 7.74. The van der Waals surface area contributed by atoms with Crippen LogP contribution in [0, 0.1) is 0 Å². The quantitative estimate of drug-likeness (QED) is 0.194. The van der Waals surface area contributed by atoms with Gasteiger partial charge in [-0.15, -0.1) is 11.3 Å². The standard InChI is InChI=1S/C45H37N3S/c1-44(36-17-7-4-8-18-36)28-41(31-14-5-3-6-15-31)47-45(2,48-44)40-27-33(23-24-37(40)34-22-21-30-13-9-10-16-32(30)25-34)35-26-39-38-19-11-12-20-42(38)49-43(39)46-29-35/h4-5,7-29,47-48H,3,6H2,1-2H3/t44-,45?/m1/s1. The summed E-state index contributed by atoms with van der Waals surface area (Å²) in [5.74, 6) is 0. The summed E-state index contributed by atoms with van der Waals surface area (Å²) in [5, 5.41) is 13.1. The normalized spacial score (nSPS) is 20.7. The summed E-state index contributed by atoms with van der Waals surface area (Å²) in [5.41, 5.74) is 8.36. The number of nitrogens with zero attached hydrogens (tertiary/aromatic N) is 1. The van der Waals surface area contributed by atoms with Crippen LogP contribution < -0.4 is 10.6 Å². The van der Waals surface area contributed by atoms with Crippen molar-refractivity contribution >= 4 is 42.4 Å². The van der Waals surface area contributed by atoms with Crippen molar-refractivity contribution in [3.63, 3.8) is 0 Å². The minimum absolute atomic E-state index is 0.435. The Balaban J connectivity index is 1.25. The number of rotatable bonds is 5. The minimum atomic E-state index is -0.635. The van der Waals surface area contributed by atoms with Crippen LogP contribution in [0.15, 0.2) is 163 Å². The topological polar surface area (TPSA) is 37.0 Å². The second-order valence-electron chi connectivity index (χ2n) is 13.6. The van der Waals surface area contributed by atoms with Crippen LogP contribution in [-0.4, -0.2) is 4.98 Å². The van der Waals surface area contributed by atoms with Crippen molar-refractivity contribution in [1.82, 2.24) is 15.6 Å². The molecule has 0 bridgehead atoms. The molecule has 9 rings (SSSR count). The molecule has 1 aliphatic heterocycles. The third-order valence-corrected chi connectivity index (χ3v) is 11.3. The molecule has 0 amide bonds. The van der Waals surface area contributed by atoms with Crippen LogP contribution in [0.1, 0.15) is 37.8 Å². The Labute approximate surface area is 291 Å². The number of nitrogens with one attached hydrogen (secondary N) is 2. The maximum absolute atomic E-state index is 4.97. The van der Waals surface area contributed by atoms with Crippen LogP contribution in [0.25, 0.3) is 53.3 Å². The highest BCUT2D eigenvalue weighted by Gasteiger charge is 2.42. The number of aromatic nitrogens is 1. The molecule has 2 atom stereocenters. The molecule has 4 heteroatoms. The van der Waals surface area contributed by atoms with Gasteiger partial charge in [0.15, 0.2) is 0 Å². The van der Waals surface area contributed by atoms with Crippen LogP contribution in [0.4, 0.5) is 0 Å². The molecular weight excluding hydrogens is 615 g/mol. The zero-order valence-corrected chi connectivity index (χ0v) is 28.5. The second kappa shape index (κ2) is 11.7. The molecular formula is C45H37N3S. The van der Waals surface area contributed by atoms with Crippen molar-refractivity contribution in [2.24, 2.45) is 0 Å². The highest BCUT2D eigenvalue weighted by molar-refractivity contribution is 7.25. The molecule has 3 nitrogen and oxygen atoms in total. The van der Waals surface area contributed by atoms with E-state index in [1.54, 1.807) is 11.3 Å². The number of benzene rings is 5. The first-order valence-corrected chi connectivity index (χ1v) is 17.9. The number of thiophene rings is 1. The molecule has 0 radical (unpaired) electrons. The fourth-order valence-corrected chi connectivity index (χ4v) is 8.76. The first-order valence-electron chi connectivity index (χ1n) is 17.1. The number of hydrogen-bond acceptors (Lipinski definition) is 4. The molecule has 2 N–H and O–H groups in total. The van der Waals surface area contributed by atoms with Gasteiger partial charge in [0, 0.05) is 38.5 Å². The molecule has 1 unspecified atom stereocenters. The average molecular weight is 652 g/mol. The van der Waals surface area contributed by atoms with Gasteiger partial charge in [0.05, 0.1) is 5.54 Å². The Morgan fingerprint density at radius 2 is 1.49 bits per heavy atom. The minimum Gasteiger partial charge on any atom is -0.363 e. The summed E-state index contributed by atoms with van der Waals surface area (Å²) in [6.07, 6.45) is 13.4. The van der Waals surface area contributed by atoms with Crippen LogP contribution >= 0.6 is 11.3 Å². The molecule has 0 spiro atoms. The molecule has 5 aromatic carbocycles.